The first-order valence-corrected chi connectivity index (χ1v) is 3.24. The van der Waals surface area contributed by atoms with Gasteiger partial charge in [0.25, 0.3) is 0 Å². The monoisotopic (exact) mass is 139 g/mol. The van der Waals surface area contributed by atoms with Gasteiger partial charge in [-0.15, -0.1) is 0 Å². The highest BCUT2D eigenvalue weighted by molar-refractivity contribution is 5.74. The zero-order chi connectivity index (χ0) is 7.98. The van der Waals surface area contributed by atoms with Crippen LogP contribution >= 0.6 is 0 Å². The topological polar surface area (TPSA) is 29.1 Å². The predicted octanol–water partition coefficient (Wildman–Crippen LogP) is 1.60. The minimum Gasteiger partial charge on any atom is -0.330 e. The van der Waals surface area contributed by atoms with Crippen LogP contribution in [0.3, 0.4) is 0 Å². The summed E-state index contributed by atoms with van der Waals surface area (Å²) in [6.45, 7) is 5.27. The van der Waals surface area contributed by atoms with Crippen molar-refractivity contribution in [3.8, 4) is 0 Å². The Morgan fingerprint density at radius 3 is 2.40 bits per heavy atom. The second kappa shape index (κ2) is 4.79. The van der Waals surface area contributed by atoms with E-state index in [2.05, 4.69) is 5.32 Å². The van der Waals surface area contributed by atoms with Crippen molar-refractivity contribution in [1.29, 1.82) is 0 Å². The number of hydrogen-bond donors (Lipinski definition) is 1. The van der Waals surface area contributed by atoms with Crippen molar-refractivity contribution < 1.29 is 4.79 Å². The van der Waals surface area contributed by atoms with Crippen molar-refractivity contribution >= 4 is 5.91 Å². The molecule has 0 saturated heterocycles. The summed E-state index contributed by atoms with van der Waals surface area (Å²) in [7, 11) is 0. The molecule has 0 aliphatic heterocycles. The second-order valence-corrected chi connectivity index (χ2v) is 2.06. The molecule has 0 bridgehead atoms. The average molecular weight is 139 g/mol. The van der Waals surface area contributed by atoms with E-state index in [1.807, 2.05) is 32.1 Å². The van der Waals surface area contributed by atoms with Gasteiger partial charge in [-0.25, -0.2) is 0 Å². The summed E-state index contributed by atoms with van der Waals surface area (Å²) >= 11 is 0. The molecule has 0 aliphatic carbocycles. The van der Waals surface area contributed by atoms with E-state index < -0.39 is 0 Å². The van der Waals surface area contributed by atoms with Gasteiger partial charge in [0.15, 0.2) is 0 Å². The van der Waals surface area contributed by atoms with Crippen LogP contribution in [-0.2, 0) is 4.79 Å². The van der Waals surface area contributed by atoms with Gasteiger partial charge in [0.1, 0.15) is 0 Å². The quantitative estimate of drug-likeness (QED) is 0.578. The van der Waals surface area contributed by atoms with Crippen LogP contribution in [-0.4, -0.2) is 5.91 Å². The third kappa shape index (κ3) is 5.09. The van der Waals surface area contributed by atoms with Crippen molar-refractivity contribution in [1.82, 2.24) is 5.32 Å². The molecule has 0 aromatic heterocycles. The Balaban J connectivity index is 3.82. The number of carbonyl (C=O) groups is 1. The highest BCUT2D eigenvalue weighted by Gasteiger charge is 1.88. The van der Waals surface area contributed by atoms with Crippen molar-refractivity contribution in [3.63, 3.8) is 0 Å². The lowest BCUT2D eigenvalue weighted by Gasteiger charge is -1.97. The molecule has 2 heteroatoms. The van der Waals surface area contributed by atoms with E-state index in [1.165, 1.54) is 6.92 Å². The van der Waals surface area contributed by atoms with E-state index in [0.29, 0.717) is 0 Å². The van der Waals surface area contributed by atoms with Gasteiger partial charge in [0.05, 0.1) is 0 Å². The molecule has 1 N–H and O–H groups in total. The molecule has 0 fully saturated rings. The summed E-state index contributed by atoms with van der Waals surface area (Å²) in [4.78, 5) is 10.4. The Kier molecular flexibility index (Phi) is 4.29. The van der Waals surface area contributed by atoms with E-state index >= 15 is 0 Å². The number of nitrogens with one attached hydrogen (secondary N) is 1. The molecule has 0 aliphatic rings. The van der Waals surface area contributed by atoms with Gasteiger partial charge in [-0.1, -0.05) is 12.2 Å². The maximum absolute atomic E-state index is 10.4. The fourth-order valence-electron chi connectivity index (χ4n) is 0.560. The van der Waals surface area contributed by atoms with Gasteiger partial charge in [0, 0.05) is 12.6 Å². The third-order valence-electron chi connectivity index (χ3n) is 0.912. The molecule has 10 heavy (non-hydrogen) atoms. The fraction of sp³-hybridized carbons (Fsp3) is 0.375. The summed E-state index contributed by atoms with van der Waals surface area (Å²) in [6.07, 6.45) is 5.64. The lowest BCUT2D eigenvalue weighted by molar-refractivity contribution is -0.118. The van der Waals surface area contributed by atoms with E-state index in [4.69, 9.17) is 0 Å². The molecular formula is C8H13NO. The largest absolute Gasteiger partial charge is 0.330 e. The van der Waals surface area contributed by atoms with Crippen molar-refractivity contribution in [2.45, 2.75) is 20.8 Å². The molecule has 0 aromatic rings. The minimum atomic E-state index is -0.0294. The Morgan fingerprint density at radius 2 is 2.00 bits per heavy atom. The van der Waals surface area contributed by atoms with Crippen LogP contribution < -0.4 is 5.32 Å². The first-order chi connectivity index (χ1) is 4.66. The molecular weight excluding hydrogens is 126 g/mol. The van der Waals surface area contributed by atoms with Gasteiger partial charge < -0.3 is 5.32 Å². The first-order valence-electron chi connectivity index (χ1n) is 3.24. The SMILES string of the molecule is C/C=C/C=C(\C)NC(C)=O. The predicted molar refractivity (Wildman–Crippen MR) is 42.4 cm³/mol. The van der Waals surface area contributed by atoms with Gasteiger partial charge in [0.2, 0.25) is 5.91 Å². The normalized spacial score (nSPS) is 12.1. The number of carbonyl (C=O) groups excluding carboxylic acids is 1. The molecule has 0 unspecified atom stereocenters. The van der Waals surface area contributed by atoms with Gasteiger partial charge in [-0.05, 0) is 19.9 Å². The van der Waals surface area contributed by atoms with Crippen LogP contribution in [0.5, 0.6) is 0 Å². The molecule has 0 aromatic carbocycles. The lowest BCUT2D eigenvalue weighted by Crippen LogP contribution is -2.16. The summed E-state index contributed by atoms with van der Waals surface area (Å²) in [6, 6.07) is 0. The fourth-order valence-corrected chi connectivity index (χ4v) is 0.560. The Hall–Kier alpha value is -1.05. The summed E-state index contributed by atoms with van der Waals surface area (Å²) in [5.74, 6) is -0.0294. The van der Waals surface area contributed by atoms with Crippen LogP contribution in [0.4, 0.5) is 0 Å². The first kappa shape index (κ1) is 8.95. The van der Waals surface area contributed by atoms with Crippen molar-refractivity contribution in [2.24, 2.45) is 0 Å². The van der Waals surface area contributed by atoms with Crippen LogP contribution in [0.15, 0.2) is 23.9 Å². The molecule has 0 saturated carbocycles. The lowest BCUT2D eigenvalue weighted by atomic mass is 10.4. The Morgan fingerprint density at radius 1 is 1.40 bits per heavy atom. The van der Waals surface area contributed by atoms with Gasteiger partial charge >= 0.3 is 0 Å². The van der Waals surface area contributed by atoms with Gasteiger partial charge in [-0.2, -0.15) is 0 Å². The van der Waals surface area contributed by atoms with Crippen molar-refractivity contribution in [2.75, 3.05) is 0 Å². The smallest absolute Gasteiger partial charge is 0.220 e. The van der Waals surface area contributed by atoms with Crippen LogP contribution in [0.25, 0.3) is 0 Å². The zero-order valence-corrected chi connectivity index (χ0v) is 6.64. The molecule has 0 radical (unpaired) electrons. The summed E-state index contributed by atoms with van der Waals surface area (Å²) in [5.41, 5.74) is 0.866. The van der Waals surface area contributed by atoms with Crippen LogP contribution in [0.1, 0.15) is 20.8 Å². The standard InChI is InChI=1S/C8H13NO/c1-4-5-6-7(2)9-8(3)10/h4-6H,1-3H3,(H,9,10)/b5-4+,7-6+. The number of rotatable bonds is 2. The maximum Gasteiger partial charge on any atom is 0.220 e. The number of allylic oxidation sites excluding steroid dienone is 4. The maximum atomic E-state index is 10.4. The highest BCUT2D eigenvalue weighted by Crippen LogP contribution is 1.86. The Labute approximate surface area is 61.6 Å². The van der Waals surface area contributed by atoms with Crippen LogP contribution in [0.2, 0.25) is 0 Å². The zero-order valence-electron chi connectivity index (χ0n) is 6.64. The van der Waals surface area contributed by atoms with E-state index in [1.54, 1.807) is 0 Å². The van der Waals surface area contributed by atoms with E-state index in [0.717, 1.165) is 5.70 Å². The average Bonchev–Trinajstić information content (AvgIpc) is 1.82. The summed E-state index contributed by atoms with van der Waals surface area (Å²) in [5, 5.41) is 2.65. The molecule has 0 spiro atoms. The van der Waals surface area contributed by atoms with Gasteiger partial charge in [-0.3, -0.25) is 4.79 Å². The molecule has 2 nitrogen and oxygen atoms in total. The van der Waals surface area contributed by atoms with E-state index in [-0.39, 0.29) is 5.91 Å². The second-order valence-electron chi connectivity index (χ2n) is 2.06. The highest BCUT2D eigenvalue weighted by atomic mass is 16.1. The Bertz CT molecular complexity index is 168. The minimum absolute atomic E-state index is 0.0294. The molecule has 56 valence electrons. The molecule has 0 atom stereocenters. The molecule has 0 rings (SSSR count). The van der Waals surface area contributed by atoms with Crippen molar-refractivity contribution in [3.05, 3.63) is 23.9 Å². The number of amides is 1. The van der Waals surface area contributed by atoms with E-state index in [9.17, 15) is 4.79 Å². The van der Waals surface area contributed by atoms with Crippen LogP contribution in [0, 0.1) is 0 Å². The third-order valence-corrected chi connectivity index (χ3v) is 0.912. The molecule has 0 heterocycles. The molecule has 1 amide bonds. The summed E-state index contributed by atoms with van der Waals surface area (Å²) < 4.78 is 0. The number of hydrogen-bond acceptors (Lipinski definition) is 1.